The van der Waals surface area contributed by atoms with Crippen LogP contribution in [0.4, 0.5) is 4.79 Å². The van der Waals surface area contributed by atoms with E-state index < -0.39 is 35.9 Å². The third-order valence-corrected chi connectivity index (χ3v) is 11.8. The summed E-state index contributed by atoms with van der Waals surface area (Å²) in [4.78, 5) is 42.3. The predicted octanol–water partition coefficient (Wildman–Crippen LogP) is 6.98. The van der Waals surface area contributed by atoms with Gasteiger partial charge in [0.25, 0.3) is 0 Å². The smallest absolute Gasteiger partial charge is 0.410 e. The van der Waals surface area contributed by atoms with Crippen LogP contribution in [0.2, 0.25) is 0 Å². The van der Waals surface area contributed by atoms with Crippen LogP contribution in [0.3, 0.4) is 0 Å². The van der Waals surface area contributed by atoms with E-state index in [1.54, 1.807) is 13.0 Å². The first-order chi connectivity index (χ1) is 25.0. The van der Waals surface area contributed by atoms with E-state index in [9.17, 15) is 24.6 Å². The van der Waals surface area contributed by atoms with E-state index >= 15 is 0 Å². The summed E-state index contributed by atoms with van der Waals surface area (Å²) in [7, 11) is 0. The molecule has 0 aromatic rings. The van der Waals surface area contributed by atoms with Gasteiger partial charge in [-0.05, 0) is 122 Å². The number of ether oxygens (including phenoxy) is 4. The number of carbonyl (C=O) groups is 3. The van der Waals surface area contributed by atoms with Gasteiger partial charge in [0.2, 0.25) is 0 Å². The molecule has 0 saturated carbocycles. The number of nitrogens with zero attached hydrogens (tertiary/aromatic N) is 2. The number of likely N-dealkylation sites (tertiary alicyclic amines) is 2. The Morgan fingerprint density at radius 3 is 2.30 bits per heavy atom. The van der Waals surface area contributed by atoms with Crippen LogP contribution in [0, 0.1) is 17.8 Å². The van der Waals surface area contributed by atoms with Gasteiger partial charge in [-0.1, -0.05) is 46.3 Å². The summed E-state index contributed by atoms with van der Waals surface area (Å²) in [6.45, 7) is 21.1. The number of allylic oxidation sites excluding steroid dienone is 1. The summed E-state index contributed by atoms with van der Waals surface area (Å²) < 4.78 is 23.8. The molecule has 2 saturated heterocycles. The van der Waals surface area contributed by atoms with Crippen molar-refractivity contribution >= 4 is 18.0 Å². The number of hydrogen-bond acceptors (Lipinski definition) is 10. The zero-order valence-corrected chi connectivity index (χ0v) is 34.3. The molecule has 3 rings (SSSR count). The van der Waals surface area contributed by atoms with Crippen LogP contribution in [0.25, 0.3) is 0 Å². The van der Waals surface area contributed by atoms with Crippen LogP contribution in [-0.2, 0) is 28.5 Å². The van der Waals surface area contributed by atoms with Gasteiger partial charge in [0.15, 0.2) is 0 Å². The summed E-state index contributed by atoms with van der Waals surface area (Å²) in [5, 5.41) is 21.6. The zero-order chi connectivity index (χ0) is 39.3. The molecule has 3 aliphatic rings. The van der Waals surface area contributed by atoms with Gasteiger partial charge in [0.1, 0.15) is 23.9 Å². The average Bonchev–Trinajstić information content (AvgIpc) is 3.11. The molecule has 0 aromatic carbocycles. The lowest BCUT2D eigenvalue weighted by molar-refractivity contribution is -0.157. The molecule has 53 heavy (non-hydrogen) atoms. The van der Waals surface area contributed by atoms with Crippen molar-refractivity contribution in [3.8, 4) is 0 Å². The number of hydrogen-bond donors (Lipinski definition) is 2. The van der Waals surface area contributed by atoms with Gasteiger partial charge in [-0.25, -0.2) is 4.79 Å². The second-order valence-corrected chi connectivity index (χ2v) is 16.6. The molecule has 3 aliphatic heterocycles. The average molecular weight is 749 g/mol. The zero-order valence-electron chi connectivity index (χ0n) is 34.3. The van der Waals surface area contributed by atoms with E-state index in [1.165, 1.54) is 39.3 Å². The van der Waals surface area contributed by atoms with Crippen LogP contribution in [0.1, 0.15) is 133 Å². The number of aliphatic hydroxyl groups is 2. The molecule has 2 N–H and O–H groups in total. The SMILES string of the molecule is CCC(OC(=O)N1CCC(N2CCCCC2)CC1)C(C)OC(C)CC(C)C(C)C/C=C(\C)C1OC(=O)CC(O)CCC(C)(O)C(OC(C)=O)/C=C/C1C. The van der Waals surface area contributed by atoms with Gasteiger partial charge in [-0.2, -0.15) is 0 Å². The molecule has 1 amide bonds. The number of piperidine rings is 2. The predicted molar refractivity (Wildman–Crippen MR) is 206 cm³/mol. The molecule has 11 heteroatoms. The second kappa shape index (κ2) is 21.6. The molecular formula is C42H72N2O9. The maximum Gasteiger partial charge on any atom is 0.410 e. The number of aliphatic hydroxyl groups excluding tert-OH is 1. The Morgan fingerprint density at radius 1 is 1.02 bits per heavy atom. The van der Waals surface area contributed by atoms with Crippen LogP contribution in [0.5, 0.6) is 0 Å². The minimum Gasteiger partial charge on any atom is -0.457 e. The Kier molecular flexibility index (Phi) is 18.3. The van der Waals surface area contributed by atoms with Crippen molar-refractivity contribution in [2.45, 2.75) is 181 Å². The molecule has 0 spiro atoms. The lowest BCUT2D eigenvalue weighted by atomic mass is 9.86. The van der Waals surface area contributed by atoms with E-state index in [0.717, 1.165) is 44.3 Å². The van der Waals surface area contributed by atoms with Gasteiger partial charge in [-0.15, -0.1) is 0 Å². The van der Waals surface area contributed by atoms with E-state index in [0.29, 0.717) is 24.3 Å². The Hall–Kier alpha value is -2.47. The highest BCUT2D eigenvalue weighted by molar-refractivity contribution is 5.70. The molecule has 0 aromatic heterocycles. The lowest BCUT2D eigenvalue weighted by Gasteiger charge is -2.40. The van der Waals surface area contributed by atoms with Crippen molar-refractivity contribution in [3.63, 3.8) is 0 Å². The molecule has 0 radical (unpaired) electrons. The van der Waals surface area contributed by atoms with Gasteiger partial charge in [0, 0.05) is 32.0 Å². The first kappa shape index (κ1) is 44.9. The first-order valence-electron chi connectivity index (χ1n) is 20.5. The van der Waals surface area contributed by atoms with Crippen molar-refractivity contribution in [2.75, 3.05) is 26.2 Å². The van der Waals surface area contributed by atoms with E-state index in [1.807, 2.05) is 38.7 Å². The van der Waals surface area contributed by atoms with Crippen molar-refractivity contribution in [1.82, 2.24) is 9.80 Å². The maximum absolute atomic E-state index is 13.1. The van der Waals surface area contributed by atoms with E-state index in [2.05, 4.69) is 31.7 Å². The fraction of sp³-hybridized carbons (Fsp3) is 0.833. The van der Waals surface area contributed by atoms with E-state index in [-0.39, 0.29) is 49.6 Å². The summed E-state index contributed by atoms with van der Waals surface area (Å²) in [5.74, 6) is -0.670. The summed E-state index contributed by atoms with van der Waals surface area (Å²) in [5.41, 5.74) is -0.527. The minimum absolute atomic E-state index is 0.0354. The number of amides is 1. The Bertz CT molecular complexity index is 1210. The van der Waals surface area contributed by atoms with Gasteiger partial charge >= 0.3 is 18.0 Å². The summed E-state index contributed by atoms with van der Waals surface area (Å²) in [6, 6.07) is 0.578. The van der Waals surface area contributed by atoms with Crippen LogP contribution >= 0.6 is 0 Å². The van der Waals surface area contributed by atoms with Crippen LogP contribution < -0.4 is 0 Å². The quantitative estimate of drug-likeness (QED) is 0.116. The fourth-order valence-electron chi connectivity index (χ4n) is 8.03. The van der Waals surface area contributed by atoms with Crippen LogP contribution in [0.15, 0.2) is 23.8 Å². The molecular weight excluding hydrogens is 676 g/mol. The molecule has 10 atom stereocenters. The highest BCUT2D eigenvalue weighted by Crippen LogP contribution is 2.29. The Morgan fingerprint density at radius 2 is 1.68 bits per heavy atom. The van der Waals surface area contributed by atoms with Crippen molar-refractivity contribution in [1.29, 1.82) is 0 Å². The molecule has 304 valence electrons. The second-order valence-electron chi connectivity index (χ2n) is 16.6. The number of esters is 2. The normalized spacial score (nSPS) is 30.8. The summed E-state index contributed by atoms with van der Waals surface area (Å²) in [6.07, 6.45) is 10.6. The Balaban J connectivity index is 1.53. The maximum atomic E-state index is 13.1. The largest absolute Gasteiger partial charge is 0.457 e. The summed E-state index contributed by atoms with van der Waals surface area (Å²) >= 11 is 0. The third-order valence-electron chi connectivity index (χ3n) is 11.8. The lowest BCUT2D eigenvalue weighted by Crippen LogP contribution is -2.49. The van der Waals surface area contributed by atoms with Gasteiger partial charge < -0.3 is 39.0 Å². The van der Waals surface area contributed by atoms with Crippen molar-refractivity contribution < 1.29 is 43.5 Å². The topological polar surface area (TPSA) is 135 Å². The molecule has 10 unspecified atom stereocenters. The van der Waals surface area contributed by atoms with Gasteiger partial charge in [0.05, 0.1) is 24.7 Å². The van der Waals surface area contributed by atoms with Crippen LogP contribution in [-0.4, -0.2) is 112 Å². The molecule has 3 heterocycles. The molecule has 2 fully saturated rings. The number of rotatable bonds is 13. The monoisotopic (exact) mass is 749 g/mol. The van der Waals surface area contributed by atoms with Crippen molar-refractivity contribution in [2.24, 2.45) is 17.8 Å². The first-order valence-corrected chi connectivity index (χ1v) is 20.5. The number of cyclic esters (lactones) is 1. The fourth-order valence-corrected chi connectivity index (χ4v) is 8.03. The highest BCUT2D eigenvalue weighted by atomic mass is 16.6. The molecule has 11 nitrogen and oxygen atoms in total. The highest BCUT2D eigenvalue weighted by Gasteiger charge is 2.35. The number of carbonyl (C=O) groups excluding carboxylic acids is 3. The molecule has 0 aliphatic carbocycles. The minimum atomic E-state index is -1.41. The third kappa shape index (κ3) is 14.6. The molecule has 0 bridgehead atoms. The Labute approximate surface area is 319 Å². The van der Waals surface area contributed by atoms with Gasteiger partial charge in [-0.3, -0.25) is 9.59 Å². The van der Waals surface area contributed by atoms with Crippen molar-refractivity contribution in [3.05, 3.63) is 23.8 Å². The standard InChI is InChI=1S/C42H72N2O9/c1-10-37(52-41(48)44-24-19-35(20-25-44)43-22-12-11-13-23-43)33(7)50-32(6)26-31(5)28(2)14-15-29(3)40-30(4)16-17-38(51-34(8)45)42(9,49)21-18-36(46)27-39(47)53-40/h15-17,28,30-33,35-38,40,46,49H,10-14,18-27H2,1-9H3/b17-16+,29-15+. The van der Waals surface area contributed by atoms with E-state index in [4.69, 9.17) is 18.9 Å².